The molecule has 0 amide bonds. The van der Waals surface area contributed by atoms with E-state index >= 15 is 0 Å². The molecule has 0 aromatic heterocycles. The third kappa shape index (κ3) is 1.95. The topological polar surface area (TPSA) is 29.3 Å². The molecule has 0 atom stereocenters. The quantitative estimate of drug-likeness (QED) is 0.578. The maximum absolute atomic E-state index is 13.1. The summed E-state index contributed by atoms with van der Waals surface area (Å²) in [6, 6.07) is 1.14. The van der Waals surface area contributed by atoms with Crippen LogP contribution in [-0.4, -0.2) is 12.2 Å². The van der Waals surface area contributed by atoms with E-state index in [4.69, 9.17) is 5.73 Å². The van der Waals surface area contributed by atoms with Crippen LogP contribution in [0, 0.1) is 17.5 Å². The Hall–Kier alpha value is -1.30. The Labute approximate surface area is 84.1 Å². The molecule has 0 heterocycles. The molecule has 0 aliphatic rings. The second-order valence-electron chi connectivity index (χ2n) is 2.61. The summed E-state index contributed by atoms with van der Waals surface area (Å²) in [4.78, 5) is 1.05. The highest BCUT2D eigenvalue weighted by Crippen LogP contribution is 2.21. The second kappa shape index (κ2) is 3.83. The highest BCUT2D eigenvalue weighted by Gasteiger charge is 2.14. The lowest BCUT2D eigenvalue weighted by Gasteiger charge is -2.17. The molecule has 6 heteroatoms. The third-order valence-electron chi connectivity index (χ3n) is 1.68. The first-order valence-electron chi connectivity index (χ1n) is 3.61. The summed E-state index contributed by atoms with van der Waals surface area (Å²) in [7, 11) is 1.36. The first-order chi connectivity index (χ1) is 6.43. The minimum Gasteiger partial charge on any atom is -0.376 e. The van der Waals surface area contributed by atoms with Gasteiger partial charge in [-0.1, -0.05) is 0 Å². The van der Waals surface area contributed by atoms with E-state index in [0.29, 0.717) is 12.1 Å². The molecule has 0 aliphatic carbocycles. The Morgan fingerprint density at radius 1 is 1.21 bits per heavy atom. The number of nitrogens with two attached hydrogens (primary N) is 1. The molecule has 0 fully saturated rings. The van der Waals surface area contributed by atoms with Crippen molar-refractivity contribution in [2.45, 2.75) is 0 Å². The van der Waals surface area contributed by atoms with Crippen LogP contribution in [-0.2, 0) is 0 Å². The lowest BCUT2D eigenvalue weighted by Crippen LogP contribution is -2.32. The first kappa shape index (κ1) is 10.8. The highest BCUT2D eigenvalue weighted by atomic mass is 32.1. The summed E-state index contributed by atoms with van der Waals surface area (Å²) in [5.74, 6) is -3.31. The number of hydrogen-bond acceptors (Lipinski definition) is 1. The molecule has 1 rings (SSSR count). The van der Waals surface area contributed by atoms with E-state index in [9.17, 15) is 13.2 Å². The number of thiocarbonyl (C=S) groups is 1. The van der Waals surface area contributed by atoms with Crippen LogP contribution in [0.4, 0.5) is 18.9 Å². The van der Waals surface area contributed by atoms with Crippen molar-refractivity contribution in [1.29, 1.82) is 0 Å². The molecule has 14 heavy (non-hydrogen) atoms. The highest BCUT2D eigenvalue weighted by molar-refractivity contribution is 7.80. The van der Waals surface area contributed by atoms with Crippen molar-refractivity contribution in [3.8, 4) is 0 Å². The second-order valence-corrected chi connectivity index (χ2v) is 3.03. The Morgan fingerprint density at radius 3 is 2.21 bits per heavy atom. The summed E-state index contributed by atoms with van der Waals surface area (Å²) in [5.41, 5.74) is 5.00. The number of benzene rings is 1. The van der Waals surface area contributed by atoms with Crippen molar-refractivity contribution in [2.75, 3.05) is 11.9 Å². The van der Waals surface area contributed by atoms with Crippen molar-refractivity contribution < 1.29 is 13.2 Å². The molecule has 2 N–H and O–H groups in total. The predicted octanol–water partition coefficient (Wildman–Crippen LogP) is 1.78. The average molecular weight is 220 g/mol. The van der Waals surface area contributed by atoms with Gasteiger partial charge in [0.2, 0.25) is 0 Å². The molecule has 0 saturated carbocycles. The summed E-state index contributed by atoms with van der Waals surface area (Å²) < 4.78 is 38.3. The fourth-order valence-corrected chi connectivity index (χ4v) is 0.986. The van der Waals surface area contributed by atoms with E-state index in [1.807, 2.05) is 0 Å². The van der Waals surface area contributed by atoms with Gasteiger partial charge in [-0.2, -0.15) is 0 Å². The average Bonchev–Trinajstić information content (AvgIpc) is 2.10. The zero-order chi connectivity index (χ0) is 10.9. The van der Waals surface area contributed by atoms with Crippen molar-refractivity contribution in [2.24, 2.45) is 5.73 Å². The van der Waals surface area contributed by atoms with Gasteiger partial charge < -0.3 is 10.6 Å². The van der Waals surface area contributed by atoms with Crippen LogP contribution in [0.2, 0.25) is 0 Å². The van der Waals surface area contributed by atoms with Crippen molar-refractivity contribution in [1.82, 2.24) is 0 Å². The van der Waals surface area contributed by atoms with Crippen LogP contribution >= 0.6 is 12.2 Å². The van der Waals surface area contributed by atoms with Crippen LogP contribution < -0.4 is 10.6 Å². The van der Waals surface area contributed by atoms with E-state index in [2.05, 4.69) is 12.2 Å². The zero-order valence-corrected chi connectivity index (χ0v) is 8.04. The van der Waals surface area contributed by atoms with E-state index in [0.717, 1.165) is 4.90 Å². The normalized spacial score (nSPS) is 10.0. The van der Waals surface area contributed by atoms with Gasteiger partial charge in [-0.3, -0.25) is 0 Å². The predicted molar refractivity (Wildman–Crippen MR) is 51.5 cm³/mol. The lowest BCUT2D eigenvalue weighted by molar-refractivity contribution is 0.495. The van der Waals surface area contributed by atoms with Crippen LogP contribution in [0.1, 0.15) is 0 Å². The minimum atomic E-state index is -1.25. The van der Waals surface area contributed by atoms with Crippen LogP contribution in [0.3, 0.4) is 0 Å². The summed E-state index contributed by atoms with van der Waals surface area (Å²) in [6.45, 7) is 0. The van der Waals surface area contributed by atoms with Crippen LogP contribution in [0.15, 0.2) is 12.1 Å². The number of rotatable bonds is 1. The number of hydrogen-bond donors (Lipinski definition) is 1. The molecular formula is C8H7F3N2S. The molecule has 1 aromatic rings. The van der Waals surface area contributed by atoms with Gasteiger partial charge in [-0.05, 0) is 12.2 Å². The molecule has 0 spiro atoms. The molecule has 2 nitrogen and oxygen atoms in total. The molecule has 0 radical (unpaired) electrons. The van der Waals surface area contributed by atoms with Gasteiger partial charge in [0, 0.05) is 19.2 Å². The summed E-state index contributed by atoms with van der Waals surface area (Å²) in [6.07, 6.45) is 0. The molecule has 0 bridgehead atoms. The minimum absolute atomic E-state index is 0.130. The molecule has 0 saturated heterocycles. The van der Waals surface area contributed by atoms with E-state index in [-0.39, 0.29) is 10.8 Å². The van der Waals surface area contributed by atoms with E-state index in [1.54, 1.807) is 0 Å². The summed E-state index contributed by atoms with van der Waals surface area (Å²) >= 11 is 4.56. The largest absolute Gasteiger partial charge is 0.376 e. The van der Waals surface area contributed by atoms with Gasteiger partial charge in [-0.15, -0.1) is 0 Å². The maximum atomic E-state index is 13.1. The SMILES string of the molecule is CN(C(N)=S)c1cc(F)c(F)cc1F. The molecular weight excluding hydrogens is 213 g/mol. The van der Waals surface area contributed by atoms with Crippen LogP contribution in [0.5, 0.6) is 0 Å². The Bertz CT molecular complexity index is 381. The smallest absolute Gasteiger partial charge is 0.170 e. The lowest BCUT2D eigenvalue weighted by atomic mass is 10.2. The Kier molecular flexibility index (Phi) is 2.95. The number of halogens is 3. The van der Waals surface area contributed by atoms with Gasteiger partial charge in [-0.25, -0.2) is 13.2 Å². The zero-order valence-electron chi connectivity index (χ0n) is 7.22. The van der Waals surface area contributed by atoms with Crippen molar-refractivity contribution in [3.05, 3.63) is 29.6 Å². The molecule has 0 unspecified atom stereocenters. The van der Waals surface area contributed by atoms with Gasteiger partial charge >= 0.3 is 0 Å². The fraction of sp³-hybridized carbons (Fsp3) is 0.125. The van der Waals surface area contributed by atoms with Gasteiger partial charge in [0.15, 0.2) is 16.7 Å². The van der Waals surface area contributed by atoms with Gasteiger partial charge in [0.1, 0.15) is 5.82 Å². The number of anilines is 1. The Morgan fingerprint density at radius 2 is 1.71 bits per heavy atom. The maximum Gasteiger partial charge on any atom is 0.170 e. The van der Waals surface area contributed by atoms with Gasteiger partial charge in [0.05, 0.1) is 5.69 Å². The molecule has 76 valence electrons. The van der Waals surface area contributed by atoms with Gasteiger partial charge in [0.25, 0.3) is 0 Å². The van der Waals surface area contributed by atoms with Crippen molar-refractivity contribution >= 4 is 23.0 Å². The van der Waals surface area contributed by atoms with Crippen LogP contribution in [0.25, 0.3) is 0 Å². The fourth-order valence-electron chi connectivity index (χ4n) is 0.888. The third-order valence-corrected chi connectivity index (χ3v) is 1.96. The molecule has 0 aliphatic heterocycles. The van der Waals surface area contributed by atoms with E-state index < -0.39 is 17.5 Å². The van der Waals surface area contributed by atoms with E-state index in [1.165, 1.54) is 7.05 Å². The Balaban J connectivity index is 3.22. The standard InChI is InChI=1S/C8H7F3N2S/c1-13(8(12)14)7-3-5(10)4(9)2-6(7)11/h2-3H,1H3,(H2,12,14). The summed E-state index contributed by atoms with van der Waals surface area (Å²) in [5, 5.41) is -0.130. The monoisotopic (exact) mass is 220 g/mol. The molecule has 1 aromatic carbocycles. The van der Waals surface area contributed by atoms with Crippen molar-refractivity contribution in [3.63, 3.8) is 0 Å². The first-order valence-corrected chi connectivity index (χ1v) is 4.02. The number of nitrogens with zero attached hydrogens (tertiary/aromatic N) is 1.